The SMILES string of the molecule is CC(C)(CCCO)CNCC(O)CC(=O)O. The van der Waals surface area contributed by atoms with Crippen LogP contribution < -0.4 is 5.32 Å². The van der Waals surface area contributed by atoms with Crippen LogP contribution in [-0.4, -0.2) is 47.1 Å². The minimum atomic E-state index is -0.992. The smallest absolute Gasteiger partial charge is 0.306 e. The van der Waals surface area contributed by atoms with Crippen molar-refractivity contribution in [1.29, 1.82) is 0 Å². The van der Waals surface area contributed by atoms with Gasteiger partial charge in [-0.05, 0) is 18.3 Å². The number of nitrogens with one attached hydrogen (secondary N) is 1. The Morgan fingerprint density at radius 2 is 2.06 bits per heavy atom. The van der Waals surface area contributed by atoms with Gasteiger partial charge in [0.25, 0.3) is 0 Å². The number of rotatable bonds is 9. The van der Waals surface area contributed by atoms with Crippen molar-refractivity contribution in [3.05, 3.63) is 0 Å². The molecule has 0 saturated heterocycles. The Morgan fingerprint density at radius 3 is 2.56 bits per heavy atom. The van der Waals surface area contributed by atoms with Crippen molar-refractivity contribution in [2.45, 2.75) is 39.2 Å². The summed E-state index contributed by atoms with van der Waals surface area (Å²) in [7, 11) is 0. The second-order valence-electron chi connectivity index (χ2n) is 4.87. The van der Waals surface area contributed by atoms with E-state index in [0.29, 0.717) is 6.54 Å². The summed E-state index contributed by atoms with van der Waals surface area (Å²) in [6.07, 6.45) is 0.577. The summed E-state index contributed by atoms with van der Waals surface area (Å²) in [4.78, 5) is 10.3. The highest BCUT2D eigenvalue weighted by Crippen LogP contribution is 2.20. The summed E-state index contributed by atoms with van der Waals surface area (Å²) in [6.45, 7) is 5.31. The molecule has 0 aliphatic carbocycles. The highest BCUT2D eigenvalue weighted by atomic mass is 16.4. The topological polar surface area (TPSA) is 89.8 Å². The van der Waals surface area contributed by atoms with Crippen LogP contribution in [-0.2, 0) is 4.79 Å². The van der Waals surface area contributed by atoms with Crippen molar-refractivity contribution in [1.82, 2.24) is 5.32 Å². The number of aliphatic hydroxyl groups excluding tert-OH is 2. The van der Waals surface area contributed by atoms with Crippen LogP contribution >= 0.6 is 0 Å². The van der Waals surface area contributed by atoms with Gasteiger partial charge in [-0.15, -0.1) is 0 Å². The number of hydrogen-bond donors (Lipinski definition) is 4. The van der Waals surface area contributed by atoms with E-state index in [-0.39, 0.29) is 25.0 Å². The minimum Gasteiger partial charge on any atom is -0.481 e. The van der Waals surface area contributed by atoms with Crippen molar-refractivity contribution in [3.8, 4) is 0 Å². The third kappa shape index (κ3) is 8.64. The van der Waals surface area contributed by atoms with E-state index < -0.39 is 12.1 Å². The Morgan fingerprint density at radius 1 is 1.44 bits per heavy atom. The molecule has 0 bridgehead atoms. The summed E-state index contributed by atoms with van der Waals surface area (Å²) in [5.74, 6) is -0.992. The van der Waals surface area contributed by atoms with Crippen LogP contribution in [0.3, 0.4) is 0 Å². The Balaban J connectivity index is 3.66. The van der Waals surface area contributed by atoms with Crippen molar-refractivity contribution in [2.75, 3.05) is 19.7 Å². The third-order valence-electron chi connectivity index (χ3n) is 2.41. The lowest BCUT2D eigenvalue weighted by Gasteiger charge is -2.25. The lowest BCUT2D eigenvalue weighted by atomic mass is 9.88. The summed E-state index contributed by atoms with van der Waals surface area (Å²) >= 11 is 0. The van der Waals surface area contributed by atoms with E-state index in [0.717, 1.165) is 12.8 Å². The first-order valence-corrected chi connectivity index (χ1v) is 5.59. The molecule has 0 spiro atoms. The van der Waals surface area contributed by atoms with Gasteiger partial charge >= 0.3 is 5.97 Å². The number of aliphatic hydroxyl groups is 2. The number of aliphatic carboxylic acids is 1. The summed E-state index contributed by atoms with van der Waals surface area (Å²) in [6, 6.07) is 0. The van der Waals surface area contributed by atoms with Crippen molar-refractivity contribution in [2.24, 2.45) is 5.41 Å². The molecule has 0 fully saturated rings. The van der Waals surface area contributed by atoms with Gasteiger partial charge in [0, 0.05) is 19.7 Å². The van der Waals surface area contributed by atoms with Gasteiger partial charge in [0.15, 0.2) is 0 Å². The van der Waals surface area contributed by atoms with Crippen LogP contribution in [0.1, 0.15) is 33.1 Å². The normalized spacial score (nSPS) is 13.8. The largest absolute Gasteiger partial charge is 0.481 e. The molecular formula is C11H23NO4. The molecular weight excluding hydrogens is 210 g/mol. The van der Waals surface area contributed by atoms with E-state index in [4.69, 9.17) is 10.2 Å². The minimum absolute atomic E-state index is 0.0473. The lowest BCUT2D eigenvalue weighted by molar-refractivity contribution is -0.139. The zero-order valence-corrected chi connectivity index (χ0v) is 10.1. The number of hydrogen-bond acceptors (Lipinski definition) is 4. The molecule has 0 aliphatic rings. The molecule has 0 radical (unpaired) electrons. The van der Waals surface area contributed by atoms with E-state index in [2.05, 4.69) is 19.2 Å². The first-order chi connectivity index (χ1) is 7.37. The zero-order chi connectivity index (χ0) is 12.6. The van der Waals surface area contributed by atoms with Gasteiger partial charge in [-0.3, -0.25) is 4.79 Å². The molecule has 16 heavy (non-hydrogen) atoms. The molecule has 0 aromatic heterocycles. The van der Waals surface area contributed by atoms with Crippen molar-refractivity contribution in [3.63, 3.8) is 0 Å². The molecule has 0 aliphatic heterocycles. The van der Waals surface area contributed by atoms with Crippen molar-refractivity contribution >= 4 is 5.97 Å². The maximum atomic E-state index is 10.3. The monoisotopic (exact) mass is 233 g/mol. The molecule has 0 rings (SSSR count). The standard InChI is InChI=1S/C11H23NO4/c1-11(2,4-3-5-13)8-12-7-9(14)6-10(15)16/h9,12-14H,3-8H2,1-2H3,(H,15,16). The Hall–Kier alpha value is -0.650. The average Bonchev–Trinajstić information content (AvgIpc) is 2.13. The fourth-order valence-electron chi connectivity index (χ4n) is 1.50. The van der Waals surface area contributed by atoms with Crippen LogP contribution in [0.2, 0.25) is 0 Å². The maximum Gasteiger partial charge on any atom is 0.306 e. The van der Waals surface area contributed by atoms with Gasteiger partial charge in [-0.25, -0.2) is 0 Å². The van der Waals surface area contributed by atoms with Gasteiger partial charge in [-0.2, -0.15) is 0 Å². The van der Waals surface area contributed by atoms with E-state index >= 15 is 0 Å². The van der Waals surface area contributed by atoms with Crippen molar-refractivity contribution < 1.29 is 20.1 Å². The highest BCUT2D eigenvalue weighted by molar-refractivity contribution is 5.67. The summed E-state index contributed by atoms with van der Waals surface area (Å²) in [5, 5.41) is 29.5. The van der Waals surface area contributed by atoms with E-state index in [1.165, 1.54) is 0 Å². The molecule has 1 unspecified atom stereocenters. The molecule has 0 heterocycles. The Bertz CT molecular complexity index is 206. The molecule has 96 valence electrons. The maximum absolute atomic E-state index is 10.3. The lowest BCUT2D eigenvalue weighted by Crippen LogP contribution is -2.35. The quantitative estimate of drug-likeness (QED) is 0.457. The van der Waals surface area contributed by atoms with Gasteiger partial charge in [0.05, 0.1) is 12.5 Å². The van der Waals surface area contributed by atoms with E-state index in [9.17, 15) is 9.90 Å². The van der Waals surface area contributed by atoms with Crippen LogP contribution in [0.15, 0.2) is 0 Å². The zero-order valence-electron chi connectivity index (χ0n) is 10.1. The summed E-state index contributed by atoms with van der Waals surface area (Å²) in [5.41, 5.74) is 0.0473. The number of carbonyl (C=O) groups is 1. The second kappa shape index (κ2) is 7.60. The van der Waals surface area contributed by atoms with Gasteiger partial charge < -0.3 is 20.6 Å². The van der Waals surface area contributed by atoms with Crippen LogP contribution in [0.5, 0.6) is 0 Å². The number of carboxylic acids is 1. The number of carboxylic acid groups (broad SMARTS) is 1. The molecule has 5 heteroatoms. The molecule has 5 nitrogen and oxygen atoms in total. The van der Waals surface area contributed by atoms with Gasteiger partial charge in [-0.1, -0.05) is 13.8 Å². The molecule has 0 amide bonds. The summed E-state index contributed by atoms with van der Waals surface area (Å²) < 4.78 is 0. The first-order valence-electron chi connectivity index (χ1n) is 5.59. The first kappa shape index (κ1) is 15.3. The molecule has 0 aromatic rings. The predicted molar refractivity (Wildman–Crippen MR) is 61.2 cm³/mol. The van der Waals surface area contributed by atoms with Gasteiger partial charge in [0.1, 0.15) is 0 Å². The fraction of sp³-hybridized carbons (Fsp3) is 0.909. The van der Waals surface area contributed by atoms with Crippen LogP contribution in [0, 0.1) is 5.41 Å². The molecule has 0 saturated carbocycles. The van der Waals surface area contributed by atoms with Gasteiger partial charge in [0.2, 0.25) is 0 Å². The molecule has 4 N–H and O–H groups in total. The Kier molecular flexibility index (Phi) is 7.29. The highest BCUT2D eigenvalue weighted by Gasteiger charge is 2.17. The Labute approximate surface area is 96.5 Å². The van der Waals surface area contributed by atoms with Crippen LogP contribution in [0.25, 0.3) is 0 Å². The van der Waals surface area contributed by atoms with E-state index in [1.54, 1.807) is 0 Å². The van der Waals surface area contributed by atoms with Crippen LogP contribution in [0.4, 0.5) is 0 Å². The average molecular weight is 233 g/mol. The fourth-order valence-corrected chi connectivity index (χ4v) is 1.50. The molecule has 0 aromatic carbocycles. The third-order valence-corrected chi connectivity index (χ3v) is 2.41. The molecule has 1 atom stereocenters. The second-order valence-corrected chi connectivity index (χ2v) is 4.87. The van der Waals surface area contributed by atoms with E-state index in [1.807, 2.05) is 0 Å². The predicted octanol–water partition coefficient (Wildman–Crippen LogP) is 0.210.